The summed E-state index contributed by atoms with van der Waals surface area (Å²) in [7, 11) is 0. The van der Waals surface area contributed by atoms with Gasteiger partial charge in [-0.1, -0.05) is 41.4 Å². The number of pyridine rings is 1. The molecule has 0 atom stereocenters. The largest absolute Gasteiger partial charge is 0.352 e. The van der Waals surface area contributed by atoms with Gasteiger partial charge in [-0.05, 0) is 39.2 Å². The summed E-state index contributed by atoms with van der Waals surface area (Å²) in [6, 6.07) is 9.78. The lowest BCUT2D eigenvalue weighted by Crippen LogP contribution is -2.34. The molecule has 2 aromatic heterocycles. The number of aryl methyl sites for hydroxylation is 2. The molecule has 1 N–H and O–H groups in total. The zero-order chi connectivity index (χ0) is 21.8. The summed E-state index contributed by atoms with van der Waals surface area (Å²) >= 11 is 0. The number of carbonyl (C=O) groups excluding carboxylic acids is 2. The summed E-state index contributed by atoms with van der Waals surface area (Å²) in [5, 5.41) is 7.63. The zero-order valence-corrected chi connectivity index (χ0v) is 18.1. The predicted octanol–water partition coefficient (Wildman–Crippen LogP) is 4.03. The maximum atomic E-state index is 13.0. The SMILES string of the molecule is Cc1ccc(-c2cc(C(=O)NCCCN3CCCCCC3=O)c3c(C)noc3n2)cc1. The molecule has 7 nitrogen and oxygen atoms in total. The molecule has 7 heteroatoms. The van der Waals surface area contributed by atoms with E-state index in [4.69, 9.17) is 4.52 Å². The van der Waals surface area contributed by atoms with Gasteiger partial charge < -0.3 is 14.7 Å². The molecule has 162 valence electrons. The van der Waals surface area contributed by atoms with Gasteiger partial charge in [-0.25, -0.2) is 4.98 Å². The van der Waals surface area contributed by atoms with Gasteiger partial charge in [0.2, 0.25) is 5.91 Å². The number of rotatable bonds is 6. The van der Waals surface area contributed by atoms with Crippen LogP contribution in [0, 0.1) is 13.8 Å². The van der Waals surface area contributed by atoms with Crippen molar-refractivity contribution in [1.29, 1.82) is 0 Å². The number of amides is 2. The average molecular weight is 421 g/mol. The van der Waals surface area contributed by atoms with E-state index < -0.39 is 0 Å². The van der Waals surface area contributed by atoms with Crippen LogP contribution >= 0.6 is 0 Å². The van der Waals surface area contributed by atoms with Crippen LogP contribution in [0.15, 0.2) is 34.9 Å². The number of nitrogens with zero attached hydrogens (tertiary/aromatic N) is 3. The quantitative estimate of drug-likeness (QED) is 0.608. The van der Waals surface area contributed by atoms with E-state index in [0.29, 0.717) is 47.6 Å². The van der Waals surface area contributed by atoms with Gasteiger partial charge >= 0.3 is 0 Å². The first kappa shape index (κ1) is 21.0. The predicted molar refractivity (Wildman–Crippen MR) is 119 cm³/mol. The Bertz CT molecular complexity index is 1090. The Balaban J connectivity index is 1.48. The van der Waals surface area contributed by atoms with Gasteiger partial charge in [-0.3, -0.25) is 9.59 Å². The zero-order valence-electron chi connectivity index (χ0n) is 18.1. The fraction of sp³-hybridized carbons (Fsp3) is 0.417. The van der Waals surface area contributed by atoms with Gasteiger partial charge in [0.1, 0.15) is 0 Å². The van der Waals surface area contributed by atoms with E-state index in [-0.39, 0.29) is 11.8 Å². The normalized spacial score (nSPS) is 14.6. The van der Waals surface area contributed by atoms with Crippen LogP contribution in [-0.2, 0) is 4.79 Å². The van der Waals surface area contributed by atoms with Crippen molar-refractivity contribution in [3.05, 3.63) is 47.2 Å². The number of aromatic nitrogens is 2. The second kappa shape index (κ2) is 9.29. The van der Waals surface area contributed by atoms with Crippen molar-refractivity contribution >= 4 is 22.9 Å². The van der Waals surface area contributed by atoms with Gasteiger partial charge in [0.05, 0.1) is 22.3 Å². The summed E-state index contributed by atoms with van der Waals surface area (Å²) in [5.74, 6) is 0.0387. The number of hydrogen-bond donors (Lipinski definition) is 1. The number of carbonyl (C=O) groups is 2. The molecule has 4 rings (SSSR count). The highest BCUT2D eigenvalue weighted by atomic mass is 16.5. The van der Waals surface area contributed by atoms with Crippen molar-refractivity contribution in [2.24, 2.45) is 0 Å². The molecule has 1 aliphatic rings. The Morgan fingerprint density at radius 3 is 2.77 bits per heavy atom. The van der Waals surface area contributed by atoms with Crippen LogP contribution in [0.5, 0.6) is 0 Å². The minimum absolute atomic E-state index is 0.186. The van der Waals surface area contributed by atoms with Crippen molar-refractivity contribution in [2.75, 3.05) is 19.6 Å². The third-order valence-corrected chi connectivity index (χ3v) is 5.77. The number of fused-ring (bicyclic) bond motifs is 1. The van der Waals surface area contributed by atoms with Crippen LogP contribution in [0.25, 0.3) is 22.4 Å². The number of hydrogen-bond acceptors (Lipinski definition) is 5. The summed E-state index contributed by atoms with van der Waals surface area (Å²) in [4.78, 5) is 31.6. The monoisotopic (exact) mass is 420 g/mol. The van der Waals surface area contributed by atoms with E-state index in [1.165, 1.54) is 0 Å². The Labute approximate surface area is 181 Å². The molecule has 0 aliphatic carbocycles. The molecule has 0 saturated carbocycles. The number of benzene rings is 1. The van der Waals surface area contributed by atoms with Crippen molar-refractivity contribution in [3.63, 3.8) is 0 Å². The molecule has 31 heavy (non-hydrogen) atoms. The van der Waals surface area contributed by atoms with Crippen LogP contribution < -0.4 is 5.32 Å². The number of nitrogens with one attached hydrogen (secondary N) is 1. The first-order valence-corrected chi connectivity index (χ1v) is 10.9. The van der Waals surface area contributed by atoms with Crippen molar-refractivity contribution < 1.29 is 14.1 Å². The lowest BCUT2D eigenvalue weighted by Gasteiger charge is -2.20. The molecule has 0 radical (unpaired) electrons. The summed E-state index contributed by atoms with van der Waals surface area (Å²) in [6.07, 6.45) is 4.50. The second-order valence-electron chi connectivity index (χ2n) is 8.17. The van der Waals surface area contributed by atoms with Crippen LogP contribution in [-0.4, -0.2) is 46.5 Å². The van der Waals surface area contributed by atoms with Gasteiger partial charge in [0.25, 0.3) is 11.6 Å². The molecule has 2 amide bonds. The molecule has 1 saturated heterocycles. The lowest BCUT2D eigenvalue weighted by molar-refractivity contribution is -0.130. The first-order chi connectivity index (χ1) is 15.0. The number of likely N-dealkylation sites (tertiary alicyclic amines) is 1. The molecular weight excluding hydrogens is 392 g/mol. The van der Waals surface area contributed by atoms with Crippen molar-refractivity contribution in [2.45, 2.75) is 46.0 Å². The van der Waals surface area contributed by atoms with Gasteiger partial charge in [0.15, 0.2) is 0 Å². The molecule has 1 aromatic carbocycles. The van der Waals surface area contributed by atoms with Gasteiger partial charge in [0, 0.05) is 31.6 Å². The molecule has 3 heterocycles. The first-order valence-electron chi connectivity index (χ1n) is 10.9. The molecular formula is C24H28N4O3. The van der Waals surface area contributed by atoms with Crippen LogP contribution in [0.3, 0.4) is 0 Å². The van der Waals surface area contributed by atoms with E-state index in [0.717, 1.165) is 43.4 Å². The molecule has 1 aliphatic heterocycles. The maximum Gasteiger partial charge on any atom is 0.259 e. The van der Waals surface area contributed by atoms with Gasteiger partial charge in [-0.15, -0.1) is 0 Å². The van der Waals surface area contributed by atoms with Crippen LogP contribution in [0.2, 0.25) is 0 Å². The highest BCUT2D eigenvalue weighted by molar-refractivity contribution is 6.07. The van der Waals surface area contributed by atoms with Gasteiger partial charge in [-0.2, -0.15) is 0 Å². The Hall–Kier alpha value is -3.22. The van der Waals surface area contributed by atoms with Crippen LogP contribution in [0.1, 0.15) is 53.7 Å². The third-order valence-electron chi connectivity index (χ3n) is 5.77. The topological polar surface area (TPSA) is 88.3 Å². The Kier molecular flexibility index (Phi) is 6.30. The van der Waals surface area contributed by atoms with E-state index in [1.54, 1.807) is 13.0 Å². The molecule has 0 bridgehead atoms. The van der Waals surface area contributed by atoms with E-state index >= 15 is 0 Å². The third kappa shape index (κ3) is 4.76. The fourth-order valence-corrected chi connectivity index (χ4v) is 3.99. The highest BCUT2D eigenvalue weighted by Gasteiger charge is 2.20. The lowest BCUT2D eigenvalue weighted by atomic mass is 10.0. The molecule has 3 aromatic rings. The molecule has 0 unspecified atom stereocenters. The van der Waals surface area contributed by atoms with Crippen LogP contribution in [0.4, 0.5) is 0 Å². The van der Waals surface area contributed by atoms with E-state index in [2.05, 4.69) is 15.5 Å². The standard InChI is InChI=1S/C24H28N4O3/c1-16-8-10-18(11-9-16)20-15-19(22-17(2)27-31-24(22)26-20)23(30)25-12-6-14-28-13-5-3-4-7-21(28)29/h8-11,15H,3-7,12-14H2,1-2H3,(H,25,30). The van der Waals surface area contributed by atoms with E-state index in [9.17, 15) is 9.59 Å². The summed E-state index contributed by atoms with van der Waals surface area (Å²) in [6.45, 7) is 5.82. The smallest absolute Gasteiger partial charge is 0.259 e. The second-order valence-corrected chi connectivity index (χ2v) is 8.17. The minimum Gasteiger partial charge on any atom is -0.352 e. The average Bonchev–Trinajstić information content (AvgIpc) is 3.02. The molecule has 1 fully saturated rings. The van der Waals surface area contributed by atoms with Crippen molar-refractivity contribution in [3.8, 4) is 11.3 Å². The summed E-state index contributed by atoms with van der Waals surface area (Å²) in [5.41, 5.74) is 4.24. The summed E-state index contributed by atoms with van der Waals surface area (Å²) < 4.78 is 5.37. The minimum atomic E-state index is -0.186. The highest BCUT2D eigenvalue weighted by Crippen LogP contribution is 2.27. The molecule has 0 spiro atoms. The fourth-order valence-electron chi connectivity index (χ4n) is 3.99. The Morgan fingerprint density at radius 1 is 1.16 bits per heavy atom. The van der Waals surface area contributed by atoms with Crippen molar-refractivity contribution in [1.82, 2.24) is 20.4 Å². The Morgan fingerprint density at radius 2 is 1.97 bits per heavy atom. The van der Waals surface area contributed by atoms with E-state index in [1.807, 2.05) is 36.1 Å². The maximum absolute atomic E-state index is 13.0.